The maximum atomic E-state index is 13.3. The smallest absolute Gasteiger partial charge is 0.394 e. The highest BCUT2D eigenvalue weighted by atomic mass is 19.4. The lowest BCUT2D eigenvalue weighted by molar-refractivity contribution is -0.145. The molecule has 4 aromatic carbocycles. The molecule has 1 heterocycles. The second kappa shape index (κ2) is 21.0. The summed E-state index contributed by atoms with van der Waals surface area (Å²) in [7, 11) is 0. The lowest BCUT2D eigenvalue weighted by Gasteiger charge is -2.46. The Hall–Kier alpha value is -5.02. The van der Waals surface area contributed by atoms with Gasteiger partial charge in [0.15, 0.2) is 0 Å². The minimum Gasteiger partial charge on any atom is -0.394 e. The molecule has 0 amide bonds. The summed E-state index contributed by atoms with van der Waals surface area (Å²) in [5.41, 5.74) is -0.114. The fraction of sp³-hybridized carbons (Fsp3) is 0.480. The van der Waals surface area contributed by atoms with Gasteiger partial charge in [-0.3, -0.25) is 0 Å². The van der Waals surface area contributed by atoms with E-state index in [1.807, 2.05) is 60.7 Å². The topological polar surface area (TPSA) is 116 Å². The van der Waals surface area contributed by atoms with E-state index in [1.165, 1.54) is 13.8 Å². The van der Waals surface area contributed by atoms with Crippen molar-refractivity contribution < 1.29 is 72.4 Å². The number of ether oxygens (including phenoxy) is 2. The molecule has 20 heteroatoms. The van der Waals surface area contributed by atoms with Gasteiger partial charge in [-0.25, -0.2) is 0 Å². The van der Waals surface area contributed by atoms with Crippen molar-refractivity contribution in [3.05, 3.63) is 154 Å². The van der Waals surface area contributed by atoms with Crippen LogP contribution >= 0.6 is 0 Å². The van der Waals surface area contributed by atoms with Gasteiger partial charge in [0.05, 0.1) is 66.4 Å². The van der Waals surface area contributed by atoms with Crippen LogP contribution in [-0.2, 0) is 50.5 Å². The maximum absolute atomic E-state index is 13.3. The first-order valence-electron chi connectivity index (χ1n) is 22.5. The van der Waals surface area contributed by atoms with Crippen LogP contribution in [-0.4, -0.2) is 56.9 Å². The molecule has 4 N–H and O–H groups in total. The van der Waals surface area contributed by atoms with E-state index in [4.69, 9.17) is 15.2 Å². The lowest BCUT2D eigenvalue weighted by atomic mass is 9.64. The van der Waals surface area contributed by atoms with Gasteiger partial charge in [0, 0.05) is 16.4 Å². The molecule has 7 rings (SSSR count). The SMILES string of the molecule is C[C@@H](OCC1(c2ccccc2)CCC(CO)(n2cnnc2)CC1)c1cc(C(F)(F)F)cc(C(F)(F)F)c1.C[C@@H](OCC1(c2ccccc2)CCC(N)(CO)CC1)c1cc(C(F)(F)F)cc(C(F)(F)F)c1. The fourth-order valence-electron chi connectivity index (χ4n) is 9.33. The molecule has 70 heavy (non-hydrogen) atoms. The Labute approximate surface area is 396 Å². The summed E-state index contributed by atoms with van der Waals surface area (Å²) in [5, 5.41) is 27.5. The highest BCUT2D eigenvalue weighted by Crippen LogP contribution is 2.48. The van der Waals surface area contributed by atoms with Crippen molar-refractivity contribution in [3.8, 4) is 0 Å². The van der Waals surface area contributed by atoms with Crippen molar-refractivity contribution in [1.82, 2.24) is 14.8 Å². The number of nitrogens with zero attached hydrogens (tertiary/aromatic N) is 3. The standard InChI is InChI=1S/C26H27F6N3O2.C24H27F6NO2/c1-18(19-11-21(25(27,28)29)13-22(12-19)26(30,31)32)37-15-23(20-5-3-2-4-6-20)7-9-24(14-36,10-8-23)35-16-33-34-17-35;1-16(17-11-19(23(25,26)27)13-20(12-17)24(28,29)30)33-15-21(18-5-3-2-4-6-18)7-9-22(31,14-32)10-8-21/h2-6,11-13,16-18,36H,7-10,14-15H2,1H3;2-6,11-13,16,32H,7-10,14-15,31H2,1H3/t18-,23?,24?;16-,21?,22?/m11/s1. The van der Waals surface area contributed by atoms with Crippen LogP contribution in [0, 0.1) is 0 Å². The van der Waals surface area contributed by atoms with Crippen LogP contribution in [0.5, 0.6) is 0 Å². The number of rotatable bonds is 13. The molecule has 2 aliphatic rings. The third-order valence-electron chi connectivity index (χ3n) is 14.1. The molecule has 1 aromatic heterocycles. The number of aliphatic hydroxyl groups excluding tert-OH is 2. The maximum Gasteiger partial charge on any atom is 0.416 e. The van der Waals surface area contributed by atoms with Gasteiger partial charge in [0.1, 0.15) is 12.7 Å². The van der Waals surface area contributed by atoms with Crippen LogP contribution in [0.25, 0.3) is 0 Å². The average Bonchev–Trinajstić information content (AvgIpc) is 3.89. The van der Waals surface area contributed by atoms with Gasteiger partial charge in [-0.2, -0.15) is 52.7 Å². The Morgan fingerprint density at radius 3 is 1.14 bits per heavy atom. The summed E-state index contributed by atoms with van der Waals surface area (Å²) in [6, 6.07) is 21.9. The Bertz CT molecular complexity index is 2380. The van der Waals surface area contributed by atoms with Crippen molar-refractivity contribution in [3.63, 3.8) is 0 Å². The average molecular weight is 1000 g/mol. The van der Waals surface area contributed by atoms with Crippen LogP contribution in [0.4, 0.5) is 52.7 Å². The first-order chi connectivity index (χ1) is 32.7. The molecule has 2 atom stereocenters. The summed E-state index contributed by atoms with van der Waals surface area (Å²) < 4.78 is 173. The number of hydrogen-bond donors (Lipinski definition) is 3. The fourth-order valence-corrected chi connectivity index (χ4v) is 9.33. The van der Waals surface area contributed by atoms with E-state index in [9.17, 15) is 62.9 Å². The first kappa shape index (κ1) is 54.3. The normalized spacial score (nSPS) is 24.4. The van der Waals surface area contributed by atoms with Crippen molar-refractivity contribution in [2.24, 2.45) is 5.73 Å². The van der Waals surface area contributed by atoms with Gasteiger partial charge < -0.3 is 30.0 Å². The van der Waals surface area contributed by atoms with Crippen LogP contribution in [0.1, 0.15) is 122 Å². The third kappa shape index (κ3) is 12.7. The molecule has 0 saturated heterocycles. The van der Waals surface area contributed by atoms with Gasteiger partial charge in [-0.05, 0) is 124 Å². The van der Waals surface area contributed by atoms with E-state index in [0.29, 0.717) is 75.6 Å². The highest BCUT2D eigenvalue weighted by molar-refractivity contribution is 5.36. The second-order valence-corrected chi connectivity index (χ2v) is 18.6. The third-order valence-corrected chi connectivity index (χ3v) is 14.1. The predicted molar refractivity (Wildman–Crippen MR) is 234 cm³/mol. The number of halogens is 12. The van der Waals surface area contributed by atoms with Gasteiger partial charge >= 0.3 is 24.7 Å². The largest absolute Gasteiger partial charge is 0.416 e. The van der Waals surface area contributed by atoms with Crippen LogP contribution in [0.2, 0.25) is 0 Å². The van der Waals surface area contributed by atoms with E-state index in [0.717, 1.165) is 11.1 Å². The minimum absolute atomic E-state index is 0.0828. The quantitative estimate of drug-likeness (QED) is 0.101. The molecule has 0 bridgehead atoms. The molecule has 0 radical (unpaired) electrons. The number of aliphatic hydroxyl groups is 2. The zero-order valence-electron chi connectivity index (χ0n) is 38.2. The Morgan fingerprint density at radius 1 is 0.514 bits per heavy atom. The Kier molecular flexibility index (Phi) is 16.3. The number of nitrogens with two attached hydrogens (primary N) is 1. The first-order valence-corrected chi connectivity index (χ1v) is 22.5. The number of aromatic nitrogens is 3. The minimum atomic E-state index is -4.93. The summed E-state index contributed by atoms with van der Waals surface area (Å²) >= 11 is 0. The summed E-state index contributed by atoms with van der Waals surface area (Å²) in [6.07, 6.45) is -14.2. The number of alkyl halides is 12. The second-order valence-electron chi connectivity index (χ2n) is 18.6. The van der Waals surface area contributed by atoms with Crippen LogP contribution in [0.3, 0.4) is 0 Å². The molecule has 382 valence electrons. The van der Waals surface area contributed by atoms with Crippen molar-refractivity contribution >= 4 is 0 Å². The van der Waals surface area contributed by atoms with Gasteiger partial charge in [0.2, 0.25) is 0 Å². The molecule has 2 fully saturated rings. The van der Waals surface area contributed by atoms with Crippen molar-refractivity contribution in [2.75, 3.05) is 26.4 Å². The van der Waals surface area contributed by atoms with E-state index in [1.54, 1.807) is 17.2 Å². The Balaban J connectivity index is 0.000000231. The molecule has 5 aromatic rings. The zero-order valence-corrected chi connectivity index (χ0v) is 38.2. The molecule has 0 unspecified atom stereocenters. The van der Waals surface area contributed by atoms with Gasteiger partial charge in [0.25, 0.3) is 0 Å². The number of hydrogen-bond acceptors (Lipinski definition) is 7. The van der Waals surface area contributed by atoms with E-state index in [2.05, 4.69) is 10.2 Å². The molecular weight excluding hydrogens is 949 g/mol. The van der Waals surface area contributed by atoms with E-state index < -0.39 is 81.1 Å². The predicted octanol–water partition coefficient (Wildman–Crippen LogP) is 12.3. The summed E-state index contributed by atoms with van der Waals surface area (Å²) in [4.78, 5) is 0. The monoisotopic (exact) mass is 1000 g/mol. The van der Waals surface area contributed by atoms with Gasteiger partial charge in [-0.1, -0.05) is 60.7 Å². The highest BCUT2D eigenvalue weighted by Gasteiger charge is 2.46. The molecule has 0 aliphatic heterocycles. The van der Waals surface area contributed by atoms with Crippen molar-refractivity contribution in [2.45, 2.75) is 124 Å². The number of benzene rings is 4. The molecular formula is C50H54F12N4O4. The molecule has 8 nitrogen and oxygen atoms in total. The zero-order chi connectivity index (χ0) is 51.4. The van der Waals surface area contributed by atoms with Crippen molar-refractivity contribution in [1.29, 1.82) is 0 Å². The molecule has 2 saturated carbocycles. The lowest BCUT2D eigenvalue weighted by Crippen LogP contribution is -2.51. The Morgan fingerprint density at radius 2 is 0.843 bits per heavy atom. The van der Waals surface area contributed by atoms with Gasteiger partial charge in [-0.15, -0.1) is 10.2 Å². The summed E-state index contributed by atoms with van der Waals surface area (Å²) in [6.45, 7) is 2.78. The van der Waals surface area contributed by atoms with Crippen LogP contribution in [0.15, 0.2) is 110 Å². The van der Waals surface area contributed by atoms with E-state index >= 15 is 0 Å². The van der Waals surface area contributed by atoms with E-state index in [-0.39, 0.29) is 49.7 Å². The summed E-state index contributed by atoms with van der Waals surface area (Å²) in [5.74, 6) is 0. The molecule has 0 spiro atoms. The molecule has 2 aliphatic carbocycles. The van der Waals surface area contributed by atoms with Crippen LogP contribution < -0.4 is 5.73 Å².